The van der Waals surface area contributed by atoms with E-state index in [9.17, 15) is 19.5 Å². The van der Waals surface area contributed by atoms with Gasteiger partial charge in [0.25, 0.3) is 11.8 Å². The summed E-state index contributed by atoms with van der Waals surface area (Å²) >= 11 is 0. The third-order valence-electron chi connectivity index (χ3n) is 4.38. The van der Waals surface area contributed by atoms with E-state index >= 15 is 0 Å². The van der Waals surface area contributed by atoms with Crippen LogP contribution in [0.4, 0.5) is 5.69 Å². The Morgan fingerprint density at radius 2 is 1.62 bits per heavy atom. The van der Waals surface area contributed by atoms with Crippen molar-refractivity contribution in [3.05, 3.63) is 65.7 Å². The predicted octanol–water partition coefficient (Wildman–Crippen LogP) is 3.02. The summed E-state index contributed by atoms with van der Waals surface area (Å²) in [5.74, 6) is -1.55. The molecule has 26 heavy (non-hydrogen) atoms. The van der Waals surface area contributed by atoms with Gasteiger partial charge in [-0.2, -0.15) is 0 Å². The molecule has 0 aliphatic heterocycles. The van der Waals surface area contributed by atoms with Crippen LogP contribution in [0.3, 0.4) is 0 Å². The maximum atomic E-state index is 12.7. The molecule has 0 bridgehead atoms. The predicted molar refractivity (Wildman–Crippen MR) is 97.1 cm³/mol. The summed E-state index contributed by atoms with van der Waals surface area (Å²) in [4.78, 5) is 37.6. The van der Waals surface area contributed by atoms with Gasteiger partial charge in [0.2, 0.25) is 0 Å². The van der Waals surface area contributed by atoms with E-state index < -0.39 is 12.0 Å². The Morgan fingerprint density at radius 3 is 2.15 bits per heavy atom. The molecule has 3 rings (SSSR count). The van der Waals surface area contributed by atoms with E-state index in [1.54, 1.807) is 48.5 Å². The van der Waals surface area contributed by atoms with Crippen LogP contribution in [-0.2, 0) is 4.79 Å². The van der Waals surface area contributed by atoms with Gasteiger partial charge in [-0.15, -0.1) is 0 Å². The van der Waals surface area contributed by atoms with E-state index in [4.69, 9.17) is 0 Å². The number of hydrogen-bond donors (Lipinski definition) is 2. The maximum absolute atomic E-state index is 12.7. The van der Waals surface area contributed by atoms with Crippen LogP contribution < -0.4 is 5.32 Å². The van der Waals surface area contributed by atoms with Gasteiger partial charge in [-0.05, 0) is 56.2 Å². The number of nitrogens with zero attached hydrogens (tertiary/aromatic N) is 1. The zero-order valence-electron chi connectivity index (χ0n) is 14.4. The molecule has 6 heteroatoms. The van der Waals surface area contributed by atoms with Gasteiger partial charge in [0.1, 0.15) is 6.04 Å². The zero-order valence-corrected chi connectivity index (χ0v) is 14.4. The van der Waals surface area contributed by atoms with Crippen LogP contribution in [-0.4, -0.2) is 39.9 Å². The minimum Gasteiger partial charge on any atom is -0.480 e. The minimum atomic E-state index is -1.02. The third kappa shape index (κ3) is 3.91. The van der Waals surface area contributed by atoms with Gasteiger partial charge in [0.15, 0.2) is 0 Å². The molecular formula is C20H20N2O4. The molecule has 1 unspecified atom stereocenters. The fourth-order valence-corrected chi connectivity index (χ4v) is 2.77. The molecule has 0 radical (unpaired) electrons. The molecule has 1 saturated carbocycles. The second-order valence-corrected chi connectivity index (χ2v) is 6.36. The SMILES string of the molecule is CC(C(=O)O)N(C(=O)c1ccc(NC(=O)c2ccccc2)cc1)C1CC1. The largest absolute Gasteiger partial charge is 0.480 e. The average molecular weight is 352 g/mol. The molecule has 1 aliphatic rings. The van der Waals surface area contributed by atoms with E-state index in [1.165, 1.54) is 11.8 Å². The lowest BCUT2D eigenvalue weighted by Crippen LogP contribution is -2.44. The first-order valence-corrected chi connectivity index (χ1v) is 8.49. The van der Waals surface area contributed by atoms with Crippen molar-refractivity contribution in [1.82, 2.24) is 4.90 Å². The number of benzene rings is 2. The van der Waals surface area contributed by atoms with Gasteiger partial charge in [-0.25, -0.2) is 4.79 Å². The Labute approximate surface area is 151 Å². The first kappa shape index (κ1) is 17.7. The summed E-state index contributed by atoms with van der Waals surface area (Å²) in [7, 11) is 0. The first-order valence-electron chi connectivity index (χ1n) is 8.49. The van der Waals surface area contributed by atoms with Crippen molar-refractivity contribution in [3.63, 3.8) is 0 Å². The Bertz CT molecular complexity index is 813. The van der Waals surface area contributed by atoms with Crippen molar-refractivity contribution in [1.29, 1.82) is 0 Å². The van der Waals surface area contributed by atoms with Crippen LogP contribution in [0.15, 0.2) is 54.6 Å². The standard InChI is InChI=1S/C20H20N2O4/c1-13(20(25)26)22(17-11-12-17)19(24)15-7-9-16(10-8-15)21-18(23)14-5-3-2-4-6-14/h2-10,13,17H,11-12H2,1H3,(H,21,23)(H,25,26). The minimum absolute atomic E-state index is 0.00828. The number of carbonyl (C=O) groups is 3. The molecule has 6 nitrogen and oxygen atoms in total. The molecule has 2 aromatic carbocycles. The lowest BCUT2D eigenvalue weighted by Gasteiger charge is -2.26. The molecule has 2 N–H and O–H groups in total. The fraction of sp³-hybridized carbons (Fsp3) is 0.250. The molecule has 0 heterocycles. The second-order valence-electron chi connectivity index (χ2n) is 6.36. The molecule has 1 atom stereocenters. The van der Waals surface area contributed by atoms with Crippen LogP contribution in [0.25, 0.3) is 0 Å². The van der Waals surface area contributed by atoms with Crippen molar-refractivity contribution in [3.8, 4) is 0 Å². The number of carbonyl (C=O) groups excluding carboxylic acids is 2. The maximum Gasteiger partial charge on any atom is 0.326 e. The van der Waals surface area contributed by atoms with Crippen molar-refractivity contribution in [2.75, 3.05) is 5.32 Å². The number of hydrogen-bond acceptors (Lipinski definition) is 3. The molecule has 0 spiro atoms. The van der Waals surface area contributed by atoms with Crippen LogP contribution in [0.1, 0.15) is 40.5 Å². The summed E-state index contributed by atoms with van der Waals surface area (Å²) in [5.41, 5.74) is 1.52. The Morgan fingerprint density at radius 1 is 1.00 bits per heavy atom. The zero-order chi connectivity index (χ0) is 18.7. The van der Waals surface area contributed by atoms with Crippen LogP contribution >= 0.6 is 0 Å². The number of carboxylic acids is 1. The highest BCUT2D eigenvalue weighted by Crippen LogP contribution is 2.30. The quantitative estimate of drug-likeness (QED) is 0.837. The smallest absolute Gasteiger partial charge is 0.326 e. The van der Waals surface area contributed by atoms with Gasteiger partial charge in [-0.1, -0.05) is 18.2 Å². The van der Waals surface area contributed by atoms with E-state index in [2.05, 4.69) is 5.32 Å². The van der Waals surface area contributed by atoms with E-state index in [0.717, 1.165) is 12.8 Å². The van der Waals surface area contributed by atoms with Gasteiger partial charge in [0.05, 0.1) is 0 Å². The van der Waals surface area contributed by atoms with E-state index in [0.29, 0.717) is 16.8 Å². The monoisotopic (exact) mass is 352 g/mol. The van der Waals surface area contributed by atoms with Crippen LogP contribution in [0.5, 0.6) is 0 Å². The summed E-state index contributed by atoms with van der Waals surface area (Å²) < 4.78 is 0. The normalized spacial score (nSPS) is 14.3. The summed E-state index contributed by atoms with van der Waals surface area (Å²) in [6, 6.07) is 14.5. The molecule has 0 saturated heterocycles. The summed E-state index contributed by atoms with van der Waals surface area (Å²) in [6.07, 6.45) is 1.66. The topological polar surface area (TPSA) is 86.7 Å². The Kier molecular flexibility index (Phi) is 5.02. The second kappa shape index (κ2) is 7.39. The molecule has 0 aromatic heterocycles. The highest BCUT2D eigenvalue weighted by molar-refractivity contribution is 6.04. The van der Waals surface area contributed by atoms with E-state index in [-0.39, 0.29) is 17.9 Å². The summed E-state index contributed by atoms with van der Waals surface area (Å²) in [6.45, 7) is 1.52. The lowest BCUT2D eigenvalue weighted by molar-refractivity contribution is -0.141. The Balaban J connectivity index is 1.71. The lowest BCUT2D eigenvalue weighted by atomic mass is 10.1. The number of carboxylic acid groups (broad SMARTS) is 1. The molecule has 1 fully saturated rings. The van der Waals surface area contributed by atoms with Crippen molar-refractivity contribution < 1.29 is 19.5 Å². The molecule has 134 valence electrons. The number of nitrogens with one attached hydrogen (secondary N) is 1. The van der Waals surface area contributed by atoms with Crippen molar-refractivity contribution >= 4 is 23.5 Å². The van der Waals surface area contributed by atoms with Gasteiger partial charge < -0.3 is 15.3 Å². The van der Waals surface area contributed by atoms with E-state index in [1.807, 2.05) is 6.07 Å². The van der Waals surface area contributed by atoms with Crippen molar-refractivity contribution in [2.24, 2.45) is 0 Å². The number of anilines is 1. The average Bonchev–Trinajstić information content (AvgIpc) is 3.48. The highest BCUT2D eigenvalue weighted by Gasteiger charge is 2.38. The first-order chi connectivity index (χ1) is 12.5. The summed E-state index contributed by atoms with van der Waals surface area (Å²) in [5, 5.41) is 12.0. The molecular weight excluding hydrogens is 332 g/mol. The number of aliphatic carboxylic acids is 1. The van der Waals surface area contributed by atoms with Gasteiger partial charge in [0, 0.05) is 22.9 Å². The van der Waals surface area contributed by atoms with Crippen LogP contribution in [0.2, 0.25) is 0 Å². The van der Waals surface area contributed by atoms with Crippen molar-refractivity contribution in [2.45, 2.75) is 31.8 Å². The Hall–Kier alpha value is -3.15. The fourth-order valence-electron chi connectivity index (χ4n) is 2.77. The van der Waals surface area contributed by atoms with Gasteiger partial charge >= 0.3 is 5.97 Å². The molecule has 2 amide bonds. The molecule has 1 aliphatic carbocycles. The number of rotatable bonds is 6. The molecule has 2 aromatic rings. The highest BCUT2D eigenvalue weighted by atomic mass is 16.4. The third-order valence-corrected chi connectivity index (χ3v) is 4.38. The van der Waals surface area contributed by atoms with Crippen LogP contribution in [0, 0.1) is 0 Å². The van der Waals surface area contributed by atoms with Gasteiger partial charge in [-0.3, -0.25) is 9.59 Å². The number of amides is 2.